The SMILES string of the molecule is O=C(NC1CCN(Cc2ccccc2)CC1)c1cc2c(Nc3ccc(F)c(Cl)c3)ncnc2s1. The van der Waals surface area contributed by atoms with Gasteiger partial charge in [0.05, 0.1) is 15.3 Å². The Labute approximate surface area is 205 Å². The molecule has 34 heavy (non-hydrogen) atoms. The fourth-order valence-electron chi connectivity index (χ4n) is 4.11. The second kappa shape index (κ2) is 10.0. The van der Waals surface area contributed by atoms with Gasteiger partial charge in [-0.3, -0.25) is 9.69 Å². The van der Waals surface area contributed by atoms with Gasteiger partial charge in [0.25, 0.3) is 5.91 Å². The Morgan fingerprint density at radius 2 is 1.91 bits per heavy atom. The van der Waals surface area contributed by atoms with Crippen molar-refractivity contribution in [3.8, 4) is 0 Å². The van der Waals surface area contributed by atoms with Gasteiger partial charge in [0.1, 0.15) is 22.8 Å². The Bertz CT molecular complexity index is 1310. The normalized spacial score (nSPS) is 14.9. The summed E-state index contributed by atoms with van der Waals surface area (Å²) in [6, 6.07) is 16.8. The Morgan fingerprint density at radius 3 is 2.68 bits per heavy atom. The number of carbonyl (C=O) groups excluding carboxylic acids is 1. The highest BCUT2D eigenvalue weighted by Gasteiger charge is 2.22. The number of anilines is 2. The Kier molecular flexibility index (Phi) is 6.71. The number of halogens is 2. The van der Waals surface area contributed by atoms with E-state index in [2.05, 4.69) is 49.8 Å². The molecule has 3 heterocycles. The van der Waals surface area contributed by atoms with Crippen LogP contribution in [0.3, 0.4) is 0 Å². The molecule has 4 aromatic rings. The number of rotatable bonds is 6. The molecule has 5 rings (SSSR count). The van der Waals surface area contributed by atoms with Crippen LogP contribution in [-0.4, -0.2) is 39.9 Å². The van der Waals surface area contributed by atoms with Crippen molar-refractivity contribution in [2.75, 3.05) is 18.4 Å². The summed E-state index contributed by atoms with van der Waals surface area (Å²) in [5.74, 6) is -0.0436. The van der Waals surface area contributed by atoms with Crippen LogP contribution in [-0.2, 0) is 6.54 Å². The first-order valence-electron chi connectivity index (χ1n) is 11.1. The van der Waals surface area contributed by atoms with Crippen molar-refractivity contribution in [2.24, 2.45) is 0 Å². The summed E-state index contributed by atoms with van der Waals surface area (Å²) in [6.45, 7) is 2.84. The minimum atomic E-state index is -0.486. The van der Waals surface area contributed by atoms with E-state index in [1.54, 1.807) is 12.1 Å². The molecule has 1 fully saturated rings. The summed E-state index contributed by atoms with van der Waals surface area (Å²) in [7, 11) is 0. The standard InChI is InChI=1S/C25H23ClFN5OS/c26-20-12-18(6-7-21(20)27)30-23-19-13-22(34-25(19)29-15-28-23)24(33)31-17-8-10-32(11-9-17)14-16-4-2-1-3-5-16/h1-7,12-13,15,17H,8-11,14H2,(H,31,33)(H,28,29,30). The Hall–Kier alpha value is -3.07. The number of carbonyl (C=O) groups is 1. The molecule has 2 aromatic carbocycles. The molecule has 0 unspecified atom stereocenters. The number of nitrogens with zero attached hydrogens (tertiary/aromatic N) is 3. The smallest absolute Gasteiger partial charge is 0.261 e. The predicted octanol–water partition coefficient (Wildman–Crippen LogP) is 5.62. The molecule has 2 N–H and O–H groups in total. The molecule has 174 valence electrons. The van der Waals surface area contributed by atoms with Crippen LogP contribution in [0.5, 0.6) is 0 Å². The van der Waals surface area contributed by atoms with Gasteiger partial charge < -0.3 is 10.6 Å². The van der Waals surface area contributed by atoms with Gasteiger partial charge in [-0.1, -0.05) is 41.9 Å². The molecule has 6 nitrogen and oxygen atoms in total. The summed E-state index contributed by atoms with van der Waals surface area (Å²) >= 11 is 7.21. The number of hydrogen-bond donors (Lipinski definition) is 2. The fourth-order valence-corrected chi connectivity index (χ4v) is 5.19. The highest BCUT2D eigenvalue weighted by atomic mass is 35.5. The van der Waals surface area contributed by atoms with Crippen LogP contribution in [0.2, 0.25) is 5.02 Å². The molecule has 1 amide bonds. The average Bonchev–Trinajstić information content (AvgIpc) is 3.29. The van der Waals surface area contributed by atoms with E-state index < -0.39 is 5.82 Å². The molecular weight excluding hydrogens is 473 g/mol. The largest absolute Gasteiger partial charge is 0.349 e. The molecule has 0 bridgehead atoms. The van der Waals surface area contributed by atoms with Gasteiger partial charge in [-0.05, 0) is 42.7 Å². The topological polar surface area (TPSA) is 70.2 Å². The zero-order valence-electron chi connectivity index (χ0n) is 18.3. The highest BCUT2D eigenvalue weighted by Crippen LogP contribution is 2.31. The molecule has 1 aliphatic heterocycles. The molecule has 0 saturated carbocycles. The molecule has 9 heteroatoms. The number of nitrogens with one attached hydrogen (secondary N) is 2. The molecule has 0 atom stereocenters. The number of piperidine rings is 1. The number of amides is 1. The third-order valence-electron chi connectivity index (χ3n) is 5.91. The van der Waals surface area contributed by atoms with E-state index in [1.165, 1.54) is 35.4 Å². The second-order valence-electron chi connectivity index (χ2n) is 8.32. The van der Waals surface area contributed by atoms with Crippen LogP contribution in [0, 0.1) is 5.82 Å². The lowest BCUT2D eigenvalue weighted by Gasteiger charge is -2.32. The van der Waals surface area contributed by atoms with E-state index in [4.69, 9.17) is 11.6 Å². The van der Waals surface area contributed by atoms with Crippen LogP contribution in [0.25, 0.3) is 10.2 Å². The van der Waals surface area contributed by atoms with Crippen LogP contribution in [0.1, 0.15) is 28.1 Å². The van der Waals surface area contributed by atoms with Crippen molar-refractivity contribution in [2.45, 2.75) is 25.4 Å². The molecule has 0 spiro atoms. The Balaban J connectivity index is 1.23. The maximum Gasteiger partial charge on any atom is 0.261 e. The van der Waals surface area contributed by atoms with E-state index in [1.807, 2.05) is 6.07 Å². The van der Waals surface area contributed by atoms with Gasteiger partial charge in [-0.2, -0.15) is 0 Å². The van der Waals surface area contributed by atoms with E-state index >= 15 is 0 Å². The molecule has 1 aliphatic rings. The van der Waals surface area contributed by atoms with Crippen LogP contribution in [0.4, 0.5) is 15.9 Å². The fraction of sp³-hybridized carbons (Fsp3) is 0.240. The summed E-state index contributed by atoms with van der Waals surface area (Å²) in [6.07, 6.45) is 3.28. The zero-order valence-corrected chi connectivity index (χ0v) is 19.9. The van der Waals surface area contributed by atoms with E-state index in [0.29, 0.717) is 21.2 Å². The van der Waals surface area contributed by atoms with E-state index in [9.17, 15) is 9.18 Å². The third-order valence-corrected chi connectivity index (χ3v) is 7.24. The summed E-state index contributed by atoms with van der Waals surface area (Å²) < 4.78 is 13.5. The highest BCUT2D eigenvalue weighted by molar-refractivity contribution is 7.20. The monoisotopic (exact) mass is 495 g/mol. The lowest BCUT2D eigenvalue weighted by Crippen LogP contribution is -2.44. The lowest BCUT2D eigenvalue weighted by molar-refractivity contribution is 0.0913. The molecule has 0 aliphatic carbocycles. The zero-order chi connectivity index (χ0) is 23.5. The van der Waals surface area contributed by atoms with Crippen molar-refractivity contribution in [3.63, 3.8) is 0 Å². The molecule has 0 radical (unpaired) electrons. The van der Waals surface area contributed by atoms with Crippen molar-refractivity contribution in [1.29, 1.82) is 0 Å². The first kappa shape index (κ1) is 22.7. The van der Waals surface area contributed by atoms with Crippen LogP contribution in [0.15, 0.2) is 60.9 Å². The van der Waals surface area contributed by atoms with Gasteiger partial charge in [-0.25, -0.2) is 14.4 Å². The summed E-state index contributed by atoms with van der Waals surface area (Å²) in [5.41, 5.74) is 1.91. The maximum atomic E-state index is 13.5. The number of likely N-dealkylation sites (tertiary alicyclic amines) is 1. The number of benzene rings is 2. The minimum Gasteiger partial charge on any atom is -0.349 e. The van der Waals surface area contributed by atoms with Crippen molar-refractivity contribution in [3.05, 3.63) is 82.2 Å². The van der Waals surface area contributed by atoms with E-state index in [-0.39, 0.29) is 17.0 Å². The summed E-state index contributed by atoms with van der Waals surface area (Å²) in [4.78, 5) is 25.3. The molecule has 2 aromatic heterocycles. The Morgan fingerprint density at radius 1 is 1.12 bits per heavy atom. The number of aromatic nitrogens is 2. The van der Waals surface area contributed by atoms with E-state index in [0.717, 1.165) is 37.9 Å². The van der Waals surface area contributed by atoms with Gasteiger partial charge in [0.2, 0.25) is 0 Å². The van der Waals surface area contributed by atoms with Crippen LogP contribution >= 0.6 is 22.9 Å². The number of fused-ring (bicyclic) bond motifs is 1. The summed E-state index contributed by atoms with van der Waals surface area (Å²) in [5, 5.41) is 7.08. The van der Waals surface area contributed by atoms with Crippen LogP contribution < -0.4 is 10.6 Å². The van der Waals surface area contributed by atoms with Gasteiger partial charge in [0.15, 0.2) is 0 Å². The third kappa shape index (κ3) is 5.19. The minimum absolute atomic E-state index is 0.0236. The molecular formula is C25H23ClFN5OS. The molecule has 1 saturated heterocycles. The average molecular weight is 496 g/mol. The first-order valence-corrected chi connectivity index (χ1v) is 12.3. The van der Waals surface area contributed by atoms with Crippen molar-refractivity contribution in [1.82, 2.24) is 20.2 Å². The van der Waals surface area contributed by atoms with Gasteiger partial charge >= 0.3 is 0 Å². The van der Waals surface area contributed by atoms with Crippen molar-refractivity contribution >= 4 is 50.6 Å². The maximum absolute atomic E-state index is 13.5. The van der Waals surface area contributed by atoms with Gasteiger partial charge in [-0.15, -0.1) is 11.3 Å². The second-order valence-corrected chi connectivity index (χ2v) is 9.75. The quantitative estimate of drug-likeness (QED) is 0.363. The van der Waals surface area contributed by atoms with Gasteiger partial charge in [0, 0.05) is 31.4 Å². The first-order chi connectivity index (χ1) is 16.5. The number of thiophene rings is 1. The van der Waals surface area contributed by atoms with Crippen molar-refractivity contribution < 1.29 is 9.18 Å². The lowest BCUT2D eigenvalue weighted by atomic mass is 10.0. The number of hydrogen-bond acceptors (Lipinski definition) is 6. The predicted molar refractivity (Wildman–Crippen MR) is 134 cm³/mol.